The van der Waals surface area contributed by atoms with Crippen molar-refractivity contribution in [3.8, 4) is 0 Å². The molecular formula is C23H23BrN4O2. The fraction of sp³-hybridized carbons (Fsp3) is 0.261. The molecule has 6 nitrogen and oxygen atoms in total. The van der Waals surface area contributed by atoms with E-state index in [4.69, 9.17) is 4.74 Å². The van der Waals surface area contributed by atoms with Crippen molar-refractivity contribution in [2.45, 2.75) is 18.8 Å². The second-order valence-corrected chi connectivity index (χ2v) is 8.43. The van der Waals surface area contributed by atoms with Crippen LogP contribution in [-0.4, -0.2) is 38.8 Å². The maximum absolute atomic E-state index is 13.2. The smallest absolute Gasteiger partial charge is 0.262 e. The summed E-state index contributed by atoms with van der Waals surface area (Å²) < 4.78 is 8.37. The van der Waals surface area contributed by atoms with E-state index in [0.717, 1.165) is 33.6 Å². The molecule has 7 heteroatoms. The van der Waals surface area contributed by atoms with E-state index >= 15 is 0 Å². The Bertz CT molecular complexity index is 1090. The summed E-state index contributed by atoms with van der Waals surface area (Å²) in [5, 5.41) is 8.22. The van der Waals surface area contributed by atoms with Gasteiger partial charge in [0.2, 0.25) is 0 Å². The molecule has 154 valence electrons. The lowest BCUT2D eigenvalue weighted by Crippen LogP contribution is -2.49. The van der Waals surface area contributed by atoms with Crippen LogP contribution in [0.15, 0.2) is 71.8 Å². The lowest BCUT2D eigenvalue weighted by Gasteiger charge is -2.42. The van der Waals surface area contributed by atoms with Crippen LogP contribution in [0.3, 0.4) is 0 Å². The number of aryl methyl sites for hydroxylation is 1. The third-order valence-corrected chi connectivity index (χ3v) is 6.28. The molecule has 2 aliphatic rings. The van der Waals surface area contributed by atoms with Crippen molar-refractivity contribution in [2.75, 3.05) is 13.2 Å². The average Bonchev–Trinajstić information content (AvgIpc) is 3.13. The highest BCUT2D eigenvalue weighted by atomic mass is 79.9. The number of carbonyl (C=O) groups excluding carboxylic acids is 1. The molecule has 1 amide bonds. The van der Waals surface area contributed by atoms with Gasteiger partial charge in [-0.2, -0.15) is 0 Å². The number of nitrogens with zero attached hydrogens (tertiary/aromatic N) is 4. The zero-order valence-electron chi connectivity index (χ0n) is 17.0. The maximum Gasteiger partial charge on any atom is 0.262 e. The number of halogens is 1. The normalized spacial score (nSPS) is 18.8. The quantitative estimate of drug-likeness (QED) is 0.627. The van der Waals surface area contributed by atoms with E-state index in [2.05, 4.69) is 38.8 Å². The monoisotopic (exact) mass is 466 g/mol. The summed E-state index contributed by atoms with van der Waals surface area (Å²) in [4.78, 5) is 14.8. The van der Waals surface area contributed by atoms with Crippen LogP contribution < -0.4 is 0 Å². The first-order chi connectivity index (χ1) is 14.4. The predicted octanol–water partition coefficient (Wildman–Crippen LogP) is 3.88. The first kappa shape index (κ1) is 20.5. The average molecular weight is 467 g/mol. The lowest BCUT2D eigenvalue weighted by atomic mass is 9.75. The van der Waals surface area contributed by atoms with E-state index in [0.29, 0.717) is 18.8 Å². The van der Waals surface area contributed by atoms with Gasteiger partial charge in [-0.15, -0.1) is 10.2 Å². The Morgan fingerprint density at radius 2 is 2.20 bits per heavy atom. The maximum atomic E-state index is 13.2. The van der Waals surface area contributed by atoms with Crippen LogP contribution >= 0.6 is 15.9 Å². The van der Waals surface area contributed by atoms with Gasteiger partial charge in [-0.3, -0.25) is 9.69 Å². The number of allylic oxidation sites excluding steroid dienone is 4. The van der Waals surface area contributed by atoms with Crippen LogP contribution in [0.5, 0.6) is 0 Å². The first-order valence-corrected chi connectivity index (χ1v) is 10.5. The fourth-order valence-electron chi connectivity index (χ4n) is 3.74. The third kappa shape index (κ3) is 3.59. The number of hydrogen-bond donors (Lipinski definition) is 0. The molecule has 1 fully saturated rings. The number of aromatic nitrogens is 3. The number of hydrogen-bond acceptors (Lipinski definition) is 4. The van der Waals surface area contributed by atoms with Crippen molar-refractivity contribution in [3.63, 3.8) is 0 Å². The molecule has 30 heavy (non-hydrogen) atoms. The van der Waals surface area contributed by atoms with Crippen LogP contribution in [0, 0.1) is 0 Å². The van der Waals surface area contributed by atoms with Crippen molar-refractivity contribution in [1.82, 2.24) is 19.7 Å². The van der Waals surface area contributed by atoms with Gasteiger partial charge in [-0.05, 0) is 46.1 Å². The van der Waals surface area contributed by atoms with Gasteiger partial charge < -0.3 is 9.30 Å². The van der Waals surface area contributed by atoms with Gasteiger partial charge in [0.05, 0.1) is 18.9 Å². The van der Waals surface area contributed by atoms with Gasteiger partial charge >= 0.3 is 0 Å². The minimum atomic E-state index is -0.175. The van der Waals surface area contributed by atoms with Crippen LogP contribution in [0.25, 0.3) is 5.57 Å². The minimum absolute atomic E-state index is 0.159. The molecule has 1 saturated heterocycles. The number of benzene rings is 1. The summed E-state index contributed by atoms with van der Waals surface area (Å²) in [7, 11) is 1.94. The SMILES string of the molecule is C=C(C(=O)N1C=CC=C(Br)/C1=C/C)c1cccc(C2(Cc3nncn3C)COC2)c1. The van der Waals surface area contributed by atoms with Crippen LogP contribution in [-0.2, 0) is 28.4 Å². The molecule has 2 aromatic rings. The molecule has 0 atom stereocenters. The summed E-state index contributed by atoms with van der Waals surface area (Å²) in [6.07, 6.45) is 9.83. The zero-order chi connectivity index (χ0) is 21.3. The molecule has 0 radical (unpaired) electrons. The molecule has 4 rings (SSSR count). The molecule has 3 heterocycles. The molecule has 0 aliphatic carbocycles. The van der Waals surface area contributed by atoms with Gasteiger partial charge in [0, 0.05) is 35.1 Å². The minimum Gasteiger partial charge on any atom is -0.379 e. The van der Waals surface area contributed by atoms with Gasteiger partial charge in [0.1, 0.15) is 12.2 Å². The number of carbonyl (C=O) groups is 1. The second kappa shape index (κ2) is 8.16. The molecule has 0 spiro atoms. The first-order valence-electron chi connectivity index (χ1n) is 9.70. The Balaban J connectivity index is 1.61. The summed E-state index contributed by atoms with van der Waals surface area (Å²) in [5.74, 6) is 0.750. The largest absolute Gasteiger partial charge is 0.379 e. The van der Waals surface area contributed by atoms with Crippen molar-refractivity contribution in [3.05, 3.63) is 88.7 Å². The van der Waals surface area contributed by atoms with Crippen molar-refractivity contribution >= 4 is 27.4 Å². The predicted molar refractivity (Wildman–Crippen MR) is 119 cm³/mol. The highest BCUT2D eigenvalue weighted by Crippen LogP contribution is 2.37. The summed E-state index contributed by atoms with van der Waals surface area (Å²) in [6, 6.07) is 8.02. The lowest BCUT2D eigenvalue weighted by molar-refractivity contribution is -0.121. The Morgan fingerprint density at radius 1 is 1.40 bits per heavy atom. The Morgan fingerprint density at radius 3 is 2.83 bits per heavy atom. The van der Waals surface area contributed by atoms with E-state index in [-0.39, 0.29) is 11.3 Å². The number of amides is 1. The molecule has 0 bridgehead atoms. The van der Waals surface area contributed by atoms with Crippen molar-refractivity contribution in [1.29, 1.82) is 0 Å². The summed E-state index contributed by atoms with van der Waals surface area (Å²) in [6.45, 7) is 7.23. The van der Waals surface area contributed by atoms with Crippen molar-refractivity contribution < 1.29 is 9.53 Å². The van der Waals surface area contributed by atoms with Gasteiger partial charge in [0.25, 0.3) is 5.91 Å². The molecular weight excluding hydrogens is 444 g/mol. The Labute approximate surface area is 184 Å². The third-order valence-electron chi connectivity index (χ3n) is 5.61. The molecule has 0 unspecified atom stereocenters. The van der Waals surface area contributed by atoms with E-state index in [1.54, 1.807) is 17.4 Å². The van der Waals surface area contributed by atoms with Gasteiger partial charge in [0.15, 0.2) is 0 Å². The summed E-state index contributed by atoms with van der Waals surface area (Å²) >= 11 is 3.51. The van der Waals surface area contributed by atoms with E-state index < -0.39 is 0 Å². The summed E-state index contributed by atoms with van der Waals surface area (Å²) in [5.41, 5.74) is 2.98. The Kier molecular flexibility index (Phi) is 5.58. The van der Waals surface area contributed by atoms with E-state index in [1.165, 1.54) is 0 Å². The Hall–Kier alpha value is -2.77. The highest BCUT2D eigenvalue weighted by molar-refractivity contribution is 9.12. The van der Waals surface area contributed by atoms with Gasteiger partial charge in [-0.25, -0.2) is 0 Å². The molecule has 2 aliphatic heterocycles. The highest BCUT2D eigenvalue weighted by Gasteiger charge is 2.42. The van der Waals surface area contributed by atoms with Crippen LogP contribution in [0.1, 0.15) is 23.9 Å². The fourth-order valence-corrected chi connectivity index (χ4v) is 4.32. The second-order valence-electron chi connectivity index (χ2n) is 7.57. The molecule has 1 aromatic heterocycles. The zero-order valence-corrected chi connectivity index (χ0v) is 18.6. The molecule has 0 N–H and O–H groups in total. The standard InChI is InChI=1S/C23H23BrN4O2/c1-4-20-19(24)9-6-10-28(20)22(29)16(2)17-7-5-8-18(11-17)23(13-30-14-23)12-21-26-25-15-27(21)3/h4-11,15H,2,12-14H2,1,3H3/b20-4-. The topological polar surface area (TPSA) is 60.2 Å². The van der Waals surface area contributed by atoms with Gasteiger partial charge in [-0.1, -0.05) is 36.9 Å². The van der Waals surface area contributed by atoms with Crippen molar-refractivity contribution in [2.24, 2.45) is 7.05 Å². The molecule has 1 aromatic carbocycles. The number of rotatable bonds is 5. The van der Waals surface area contributed by atoms with E-state index in [1.807, 2.05) is 55.0 Å². The molecule has 0 saturated carbocycles. The van der Waals surface area contributed by atoms with Crippen LogP contribution in [0.2, 0.25) is 0 Å². The van der Waals surface area contributed by atoms with E-state index in [9.17, 15) is 4.79 Å². The number of ether oxygens (including phenoxy) is 1. The van der Waals surface area contributed by atoms with Crippen LogP contribution in [0.4, 0.5) is 0 Å².